The average Bonchev–Trinajstić information content (AvgIpc) is 2.70. The smallest absolute Gasteiger partial charge is 0.191 e. The third-order valence-electron chi connectivity index (χ3n) is 4.30. The average molecular weight is 560 g/mol. The van der Waals surface area contributed by atoms with Gasteiger partial charge in [0.2, 0.25) is 0 Å². The van der Waals surface area contributed by atoms with E-state index in [4.69, 9.17) is 4.74 Å². The van der Waals surface area contributed by atoms with Crippen molar-refractivity contribution in [3.05, 3.63) is 59.7 Å². The number of rotatable bonds is 10. The molecule has 2 rings (SSSR count). The lowest BCUT2D eigenvalue weighted by Crippen LogP contribution is -2.38. The van der Waals surface area contributed by atoms with E-state index in [0.717, 1.165) is 35.8 Å². The van der Waals surface area contributed by atoms with Crippen molar-refractivity contribution >= 4 is 39.8 Å². The van der Waals surface area contributed by atoms with Crippen LogP contribution in [0.4, 0.5) is 0 Å². The standard InChI is InChI=1S/C23H33N3O3S.HI/c1-5-24-23(25-14-13-19-9-11-22(12-10-19)30(4,27)28)26-16-20-7-6-8-21(15-20)29-17-18(2)3;/h6-12,15,18H,5,13-14,16-17H2,1-4H3,(H2,24,25,26);1H. The van der Waals surface area contributed by atoms with Crippen molar-refractivity contribution in [2.45, 2.75) is 38.6 Å². The summed E-state index contributed by atoms with van der Waals surface area (Å²) in [5.41, 5.74) is 2.16. The van der Waals surface area contributed by atoms with Gasteiger partial charge in [-0.15, -0.1) is 24.0 Å². The van der Waals surface area contributed by atoms with E-state index >= 15 is 0 Å². The molecule has 0 unspecified atom stereocenters. The lowest BCUT2D eigenvalue weighted by molar-refractivity contribution is 0.271. The molecule has 0 spiro atoms. The van der Waals surface area contributed by atoms with Gasteiger partial charge in [0.1, 0.15) is 5.75 Å². The van der Waals surface area contributed by atoms with Crippen molar-refractivity contribution in [3.8, 4) is 5.75 Å². The molecule has 2 aromatic carbocycles. The highest BCUT2D eigenvalue weighted by molar-refractivity contribution is 14.0. The summed E-state index contributed by atoms with van der Waals surface area (Å²) in [6, 6.07) is 15.0. The zero-order valence-corrected chi connectivity index (χ0v) is 21.9. The molecule has 0 saturated carbocycles. The van der Waals surface area contributed by atoms with Crippen molar-refractivity contribution in [2.24, 2.45) is 10.9 Å². The molecule has 0 heterocycles. The van der Waals surface area contributed by atoms with Gasteiger partial charge >= 0.3 is 0 Å². The number of nitrogens with one attached hydrogen (secondary N) is 2. The number of aliphatic imine (C=N–C) groups is 1. The van der Waals surface area contributed by atoms with Crippen LogP contribution in [-0.2, 0) is 22.8 Å². The van der Waals surface area contributed by atoms with E-state index in [0.29, 0.717) is 30.5 Å². The Labute approximate surface area is 203 Å². The van der Waals surface area contributed by atoms with E-state index in [1.165, 1.54) is 6.26 Å². The van der Waals surface area contributed by atoms with Crippen LogP contribution in [0.25, 0.3) is 0 Å². The first kappa shape index (κ1) is 27.2. The Morgan fingerprint density at radius 2 is 1.77 bits per heavy atom. The fraction of sp³-hybridized carbons (Fsp3) is 0.435. The first-order valence-corrected chi connectivity index (χ1v) is 12.2. The van der Waals surface area contributed by atoms with Gasteiger partial charge in [-0.05, 0) is 54.7 Å². The monoisotopic (exact) mass is 559 g/mol. The SMILES string of the molecule is CCNC(=NCc1cccc(OCC(C)C)c1)NCCc1ccc(S(C)(=O)=O)cc1.I. The Morgan fingerprint density at radius 3 is 2.39 bits per heavy atom. The molecule has 0 aliphatic carbocycles. The van der Waals surface area contributed by atoms with Crippen molar-refractivity contribution in [1.29, 1.82) is 0 Å². The van der Waals surface area contributed by atoms with Crippen LogP contribution in [0.1, 0.15) is 31.9 Å². The van der Waals surface area contributed by atoms with Gasteiger partial charge in [0, 0.05) is 19.3 Å². The summed E-state index contributed by atoms with van der Waals surface area (Å²) < 4.78 is 28.9. The van der Waals surface area contributed by atoms with Crippen LogP contribution in [0, 0.1) is 5.92 Å². The molecule has 0 fully saturated rings. The predicted molar refractivity (Wildman–Crippen MR) is 138 cm³/mol. The first-order chi connectivity index (χ1) is 14.3. The van der Waals surface area contributed by atoms with Crippen molar-refractivity contribution < 1.29 is 13.2 Å². The van der Waals surface area contributed by atoms with Crippen molar-refractivity contribution in [3.63, 3.8) is 0 Å². The highest BCUT2D eigenvalue weighted by atomic mass is 127. The lowest BCUT2D eigenvalue weighted by atomic mass is 10.1. The Balaban J connectivity index is 0.00000480. The van der Waals surface area contributed by atoms with Crippen LogP contribution in [0.5, 0.6) is 5.75 Å². The molecule has 0 saturated heterocycles. The summed E-state index contributed by atoms with van der Waals surface area (Å²) in [6.45, 7) is 9.00. The number of nitrogens with zero attached hydrogens (tertiary/aromatic N) is 1. The highest BCUT2D eigenvalue weighted by Gasteiger charge is 2.06. The van der Waals surface area contributed by atoms with E-state index in [9.17, 15) is 8.42 Å². The maximum Gasteiger partial charge on any atom is 0.191 e. The second-order valence-corrected chi connectivity index (χ2v) is 9.66. The lowest BCUT2D eigenvalue weighted by Gasteiger charge is -2.12. The van der Waals surface area contributed by atoms with E-state index in [1.54, 1.807) is 12.1 Å². The molecule has 6 nitrogen and oxygen atoms in total. The molecule has 172 valence electrons. The third-order valence-corrected chi connectivity index (χ3v) is 5.43. The molecule has 0 aliphatic rings. The van der Waals surface area contributed by atoms with Crippen LogP contribution < -0.4 is 15.4 Å². The minimum absolute atomic E-state index is 0. The van der Waals surface area contributed by atoms with E-state index in [1.807, 2.05) is 43.3 Å². The van der Waals surface area contributed by atoms with Crippen molar-refractivity contribution in [2.75, 3.05) is 26.0 Å². The van der Waals surface area contributed by atoms with Crippen LogP contribution in [0.15, 0.2) is 58.4 Å². The van der Waals surface area contributed by atoms with Gasteiger partial charge in [-0.2, -0.15) is 0 Å². The molecule has 2 aromatic rings. The van der Waals surface area contributed by atoms with Gasteiger partial charge in [0.05, 0.1) is 18.0 Å². The van der Waals surface area contributed by atoms with Crippen LogP contribution in [-0.4, -0.2) is 40.3 Å². The molecule has 0 bridgehead atoms. The number of guanidine groups is 1. The maximum absolute atomic E-state index is 11.6. The van der Waals surface area contributed by atoms with Gasteiger partial charge < -0.3 is 15.4 Å². The Hall–Kier alpha value is -1.81. The van der Waals surface area contributed by atoms with E-state index < -0.39 is 9.84 Å². The molecule has 0 radical (unpaired) electrons. The molecular formula is C23H34IN3O3S. The number of sulfone groups is 1. The number of hydrogen-bond donors (Lipinski definition) is 2. The quantitative estimate of drug-likeness (QED) is 0.261. The summed E-state index contributed by atoms with van der Waals surface area (Å²) in [6.07, 6.45) is 1.99. The largest absolute Gasteiger partial charge is 0.493 e. The van der Waals surface area contributed by atoms with Crippen molar-refractivity contribution in [1.82, 2.24) is 10.6 Å². The maximum atomic E-state index is 11.6. The Kier molecular flexibility index (Phi) is 11.9. The van der Waals surface area contributed by atoms with Gasteiger partial charge in [0.25, 0.3) is 0 Å². The second kappa shape index (κ2) is 13.6. The van der Waals surface area contributed by atoms with Gasteiger partial charge in [-0.3, -0.25) is 0 Å². The fourth-order valence-corrected chi connectivity index (χ4v) is 3.37. The minimum Gasteiger partial charge on any atom is -0.493 e. The third kappa shape index (κ3) is 10.4. The first-order valence-electron chi connectivity index (χ1n) is 10.3. The number of benzene rings is 2. The molecule has 0 amide bonds. The van der Waals surface area contributed by atoms with Crippen LogP contribution >= 0.6 is 24.0 Å². The van der Waals surface area contributed by atoms with Crippen LogP contribution in [0.3, 0.4) is 0 Å². The summed E-state index contributed by atoms with van der Waals surface area (Å²) in [4.78, 5) is 5.00. The molecule has 0 atom stereocenters. The minimum atomic E-state index is -3.16. The normalized spacial score (nSPS) is 11.7. The fourth-order valence-electron chi connectivity index (χ4n) is 2.74. The zero-order chi connectivity index (χ0) is 22.0. The number of halogens is 1. The van der Waals surface area contributed by atoms with E-state index in [-0.39, 0.29) is 24.0 Å². The van der Waals surface area contributed by atoms with E-state index in [2.05, 4.69) is 29.5 Å². The summed E-state index contributed by atoms with van der Waals surface area (Å²) in [7, 11) is -3.16. The predicted octanol–water partition coefficient (Wildman–Crippen LogP) is 4.04. The highest BCUT2D eigenvalue weighted by Crippen LogP contribution is 2.15. The molecule has 8 heteroatoms. The summed E-state index contributed by atoms with van der Waals surface area (Å²) in [5, 5.41) is 6.58. The molecule has 2 N–H and O–H groups in total. The van der Waals surface area contributed by atoms with Crippen LogP contribution in [0.2, 0.25) is 0 Å². The zero-order valence-electron chi connectivity index (χ0n) is 18.7. The Bertz CT molecular complexity index is 929. The molecule has 0 aromatic heterocycles. The topological polar surface area (TPSA) is 79.8 Å². The number of ether oxygens (including phenoxy) is 1. The molecule has 31 heavy (non-hydrogen) atoms. The summed E-state index contributed by atoms with van der Waals surface area (Å²) in [5.74, 6) is 2.10. The number of hydrogen-bond acceptors (Lipinski definition) is 4. The second-order valence-electron chi connectivity index (χ2n) is 7.64. The summed E-state index contributed by atoms with van der Waals surface area (Å²) >= 11 is 0. The van der Waals surface area contributed by atoms with Gasteiger partial charge in [0.15, 0.2) is 15.8 Å². The van der Waals surface area contributed by atoms with Gasteiger partial charge in [-0.1, -0.05) is 38.1 Å². The molecule has 0 aliphatic heterocycles. The molecular weight excluding hydrogens is 525 g/mol. The Morgan fingerprint density at radius 1 is 1.06 bits per heavy atom. The van der Waals surface area contributed by atoms with Gasteiger partial charge in [-0.25, -0.2) is 13.4 Å².